The molecular weight excluding hydrogens is 452 g/mol. The highest BCUT2D eigenvalue weighted by Crippen LogP contribution is 2.68. The third-order valence-electron chi connectivity index (χ3n) is 11.4. The molecule has 4 saturated carbocycles. The van der Waals surface area contributed by atoms with Crippen LogP contribution in [0.5, 0.6) is 0 Å². The average molecular weight is 495 g/mol. The summed E-state index contributed by atoms with van der Waals surface area (Å²) in [6.07, 6.45) is 8.36. The third-order valence-corrected chi connectivity index (χ3v) is 11.4. The van der Waals surface area contributed by atoms with E-state index in [0.29, 0.717) is 60.2 Å². The van der Waals surface area contributed by atoms with Crippen LogP contribution in [0.1, 0.15) is 95.3 Å². The molecule has 5 nitrogen and oxygen atoms in total. The number of carboxylic acids is 1. The fourth-order valence-electron chi connectivity index (χ4n) is 9.44. The van der Waals surface area contributed by atoms with Gasteiger partial charge >= 0.3 is 11.9 Å². The van der Waals surface area contributed by atoms with Crippen LogP contribution >= 0.6 is 0 Å². The van der Waals surface area contributed by atoms with Crippen molar-refractivity contribution in [3.8, 4) is 0 Å². The number of rotatable bonds is 6. The molecule has 0 radical (unpaired) electrons. The Morgan fingerprint density at radius 3 is 2.56 bits per heavy atom. The van der Waals surface area contributed by atoms with Gasteiger partial charge in [-0.2, -0.15) is 0 Å². The smallest absolute Gasteiger partial charge is 0.338 e. The van der Waals surface area contributed by atoms with Gasteiger partial charge in [0.1, 0.15) is 11.9 Å². The van der Waals surface area contributed by atoms with Gasteiger partial charge in [0.15, 0.2) is 0 Å². The number of esters is 1. The van der Waals surface area contributed by atoms with Gasteiger partial charge in [-0.15, -0.1) is 0 Å². The molecule has 0 aromatic heterocycles. The van der Waals surface area contributed by atoms with E-state index >= 15 is 0 Å². The molecular formula is C31H42O5. The number of hydrogen-bond donors (Lipinski definition) is 1. The molecule has 1 aromatic carbocycles. The van der Waals surface area contributed by atoms with Crippen molar-refractivity contribution in [1.82, 2.24) is 0 Å². The minimum atomic E-state index is -0.740. The zero-order valence-electron chi connectivity index (χ0n) is 22.1. The van der Waals surface area contributed by atoms with Crippen molar-refractivity contribution in [1.29, 1.82) is 0 Å². The molecule has 0 saturated heterocycles. The van der Waals surface area contributed by atoms with Crippen molar-refractivity contribution in [2.24, 2.45) is 46.3 Å². The highest BCUT2D eigenvalue weighted by Gasteiger charge is 2.65. The highest BCUT2D eigenvalue weighted by molar-refractivity contribution is 5.89. The van der Waals surface area contributed by atoms with Crippen LogP contribution in [0.4, 0.5) is 0 Å². The lowest BCUT2D eigenvalue weighted by atomic mass is 9.43. The Morgan fingerprint density at radius 1 is 1.08 bits per heavy atom. The summed E-state index contributed by atoms with van der Waals surface area (Å²) in [6, 6.07) is 9.29. The summed E-state index contributed by atoms with van der Waals surface area (Å²) in [5.41, 5.74) is 0.559. The molecule has 0 aliphatic heterocycles. The van der Waals surface area contributed by atoms with Crippen LogP contribution in [0, 0.1) is 46.3 Å². The first kappa shape index (κ1) is 25.5. The Balaban J connectivity index is 1.48. The van der Waals surface area contributed by atoms with E-state index < -0.39 is 5.97 Å². The van der Waals surface area contributed by atoms with E-state index in [4.69, 9.17) is 4.74 Å². The Morgan fingerprint density at radius 2 is 1.83 bits per heavy atom. The van der Waals surface area contributed by atoms with Crippen molar-refractivity contribution in [2.45, 2.75) is 91.1 Å². The average Bonchev–Trinajstić information content (AvgIpc) is 3.22. The molecule has 5 rings (SSSR count). The maximum absolute atomic E-state index is 13.4. The molecule has 9 atom stereocenters. The van der Waals surface area contributed by atoms with Crippen molar-refractivity contribution in [2.75, 3.05) is 0 Å². The van der Waals surface area contributed by atoms with Crippen LogP contribution in [-0.2, 0) is 14.3 Å². The monoisotopic (exact) mass is 494 g/mol. The number of ketones is 1. The second kappa shape index (κ2) is 9.61. The number of ether oxygens (including phenoxy) is 1. The number of benzene rings is 1. The minimum Gasteiger partial charge on any atom is -0.481 e. The molecule has 0 amide bonds. The van der Waals surface area contributed by atoms with Crippen molar-refractivity contribution >= 4 is 17.7 Å². The Bertz CT molecular complexity index is 1000. The summed E-state index contributed by atoms with van der Waals surface area (Å²) in [5.74, 6) is 2.00. The third kappa shape index (κ3) is 4.20. The normalized spacial score (nSPS) is 40.5. The standard InChI is InChI=1S/C31H42O5/c1-19(9-14-28(33)34)24-12-13-25-23-11-10-21-17-22(32)15-16-30(21,2)26(23)18-27(31(24,25)3)36-29(35)20-7-5-4-6-8-20/h4-8,19,21,23-27H,9-18H2,1-3H3,(H,33,34)/t19?,21-,23?,24?,25?,26?,27+,30+,31-/m1/s1. The van der Waals surface area contributed by atoms with Gasteiger partial charge in [-0.3, -0.25) is 9.59 Å². The van der Waals surface area contributed by atoms with Gasteiger partial charge in [0.05, 0.1) is 5.56 Å². The van der Waals surface area contributed by atoms with E-state index in [0.717, 1.165) is 38.5 Å². The second-order valence-electron chi connectivity index (χ2n) is 12.9. The van der Waals surface area contributed by atoms with Gasteiger partial charge in [0.2, 0.25) is 0 Å². The van der Waals surface area contributed by atoms with Crippen molar-refractivity contribution in [3.05, 3.63) is 35.9 Å². The molecule has 1 aromatic rings. The van der Waals surface area contributed by atoms with Crippen molar-refractivity contribution < 1.29 is 24.2 Å². The van der Waals surface area contributed by atoms with Crippen LogP contribution in [0.15, 0.2) is 30.3 Å². The maximum Gasteiger partial charge on any atom is 0.338 e. The molecule has 5 unspecified atom stereocenters. The van der Waals surface area contributed by atoms with Gasteiger partial charge in [-0.05, 0) is 98.0 Å². The lowest BCUT2D eigenvalue weighted by molar-refractivity contribution is -0.172. The maximum atomic E-state index is 13.4. The van der Waals surface area contributed by atoms with Gasteiger partial charge in [-0.1, -0.05) is 39.0 Å². The van der Waals surface area contributed by atoms with Crippen LogP contribution in [0.3, 0.4) is 0 Å². The molecule has 0 spiro atoms. The van der Waals surface area contributed by atoms with E-state index in [9.17, 15) is 19.5 Å². The number of fused-ring (bicyclic) bond motifs is 5. The first-order valence-corrected chi connectivity index (χ1v) is 14.1. The fraction of sp³-hybridized carbons (Fsp3) is 0.710. The topological polar surface area (TPSA) is 80.7 Å². The molecule has 4 aliphatic carbocycles. The van der Waals surface area contributed by atoms with E-state index in [1.165, 1.54) is 0 Å². The minimum absolute atomic E-state index is 0.128. The summed E-state index contributed by atoms with van der Waals surface area (Å²) in [6.45, 7) is 6.97. The molecule has 4 aliphatic rings. The van der Waals surface area contributed by atoms with E-state index in [-0.39, 0.29) is 35.2 Å². The summed E-state index contributed by atoms with van der Waals surface area (Å²) in [4.78, 5) is 37.0. The lowest BCUT2D eigenvalue weighted by Gasteiger charge is -2.62. The molecule has 0 bridgehead atoms. The van der Waals surface area contributed by atoms with Crippen LogP contribution in [0.25, 0.3) is 0 Å². The number of carbonyl (C=O) groups is 3. The van der Waals surface area contributed by atoms with Crippen LogP contribution < -0.4 is 0 Å². The van der Waals surface area contributed by atoms with E-state index in [1.54, 1.807) is 0 Å². The zero-order valence-corrected chi connectivity index (χ0v) is 22.1. The molecule has 5 heteroatoms. The first-order chi connectivity index (χ1) is 17.1. The summed E-state index contributed by atoms with van der Waals surface area (Å²) < 4.78 is 6.47. The van der Waals surface area contributed by atoms with Gasteiger partial charge in [-0.25, -0.2) is 4.79 Å². The Hall–Kier alpha value is -2.17. The summed E-state index contributed by atoms with van der Waals surface area (Å²) in [7, 11) is 0. The second-order valence-corrected chi connectivity index (χ2v) is 12.9. The zero-order chi connectivity index (χ0) is 25.7. The molecule has 0 heterocycles. The van der Waals surface area contributed by atoms with Crippen LogP contribution in [0.2, 0.25) is 0 Å². The Labute approximate surface area is 215 Å². The number of carbonyl (C=O) groups excluding carboxylic acids is 2. The first-order valence-electron chi connectivity index (χ1n) is 14.1. The number of hydrogen-bond acceptors (Lipinski definition) is 4. The van der Waals surface area contributed by atoms with Gasteiger partial charge in [0.25, 0.3) is 0 Å². The molecule has 4 fully saturated rings. The summed E-state index contributed by atoms with van der Waals surface area (Å²) >= 11 is 0. The SMILES string of the molecule is CC(CCC(=O)O)C1CCC2C3CC[C@@H]4CC(=O)CC[C@]4(C)C3C[C@H](OC(=O)c3ccccc3)[C@]12C. The van der Waals surface area contributed by atoms with E-state index in [2.05, 4.69) is 20.8 Å². The molecule has 36 heavy (non-hydrogen) atoms. The van der Waals surface area contributed by atoms with E-state index in [1.807, 2.05) is 30.3 Å². The largest absolute Gasteiger partial charge is 0.481 e. The van der Waals surface area contributed by atoms with Gasteiger partial charge < -0.3 is 9.84 Å². The highest BCUT2D eigenvalue weighted by atomic mass is 16.5. The lowest BCUT2D eigenvalue weighted by Crippen LogP contribution is -2.59. The van der Waals surface area contributed by atoms with Crippen molar-refractivity contribution in [3.63, 3.8) is 0 Å². The summed E-state index contributed by atoms with van der Waals surface area (Å²) in [5, 5.41) is 9.32. The quantitative estimate of drug-likeness (QED) is 0.454. The molecule has 196 valence electrons. The van der Waals surface area contributed by atoms with Gasteiger partial charge in [0, 0.05) is 24.7 Å². The molecule has 1 N–H and O–H groups in total. The fourth-order valence-corrected chi connectivity index (χ4v) is 9.44. The van der Waals surface area contributed by atoms with Crippen LogP contribution in [-0.4, -0.2) is 28.9 Å². The predicted octanol–water partition coefficient (Wildman–Crippen LogP) is 6.55. The number of carboxylic acid groups (broad SMARTS) is 1. The number of Topliss-reactive ketones (excluding diaryl/α,β-unsaturated/α-hetero) is 1. The Kier molecular flexibility index (Phi) is 6.80. The predicted molar refractivity (Wildman–Crippen MR) is 137 cm³/mol. The number of aliphatic carboxylic acids is 1.